The first-order valence-electron chi connectivity index (χ1n) is 8.01. The van der Waals surface area contributed by atoms with Crippen molar-refractivity contribution in [3.63, 3.8) is 0 Å². The van der Waals surface area contributed by atoms with Gasteiger partial charge in [0, 0.05) is 13.6 Å². The summed E-state index contributed by atoms with van der Waals surface area (Å²) in [6.07, 6.45) is 3.34. The van der Waals surface area contributed by atoms with E-state index in [-0.39, 0.29) is 5.56 Å². The highest BCUT2D eigenvalue weighted by molar-refractivity contribution is 5.88. The molecule has 0 saturated carbocycles. The van der Waals surface area contributed by atoms with E-state index < -0.39 is 17.3 Å². The first-order chi connectivity index (χ1) is 11.5. The van der Waals surface area contributed by atoms with Crippen LogP contribution >= 0.6 is 0 Å². The van der Waals surface area contributed by atoms with Crippen molar-refractivity contribution in [2.75, 3.05) is 13.1 Å². The molecule has 3 rings (SSSR count). The van der Waals surface area contributed by atoms with Crippen LogP contribution in [0.2, 0.25) is 0 Å². The van der Waals surface area contributed by atoms with Gasteiger partial charge < -0.3 is 5.11 Å². The van der Waals surface area contributed by atoms with Crippen LogP contribution in [0.1, 0.15) is 35.3 Å². The lowest BCUT2D eigenvalue weighted by Gasteiger charge is -2.26. The van der Waals surface area contributed by atoms with Crippen molar-refractivity contribution in [3.05, 3.63) is 51.7 Å². The second kappa shape index (κ2) is 6.60. The number of hydrogen-bond donors (Lipinski definition) is 1. The topological polar surface area (TPSA) is 67.5 Å². The van der Waals surface area contributed by atoms with Crippen LogP contribution in [-0.2, 0) is 13.6 Å². The molecule has 0 bridgehead atoms. The third-order valence-electron chi connectivity index (χ3n) is 4.49. The van der Waals surface area contributed by atoms with E-state index in [9.17, 15) is 19.1 Å². The van der Waals surface area contributed by atoms with Crippen molar-refractivity contribution in [3.8, 4) is 5.69 Å². The van der Waals surface area contributed by atoms with E-state index in [1.807, 2.05) is 0 Å². The van der Waals surface area contributed by atoms with Crippen LogP contribution in [0.15, 0.2) is 29.1 Å². The van der Waals surface area contributed by atoms with Gasteiger partial charge >= 0.3 is 5.97 Å². The number of carboxylic acids is 1. The van der Waals surface area contributed by atoms with Crippen molar-refractivity contribution in [1.29, 1.82) is 0 Å². The lowest BCUT2D eigenvalue weighted by Crippen LogP contribution is -2.31. The molecule has 0 spiro atoms. The molecule has 2 aromatic rings. The maximum atomic E-state index is 13.1. The Kier molecular flexibility index (Phi) is 4.53. The van der Waals surface area contributed by atoms with Crippen molar-refractivity contribution in [1.82, 2.24) is 14.3 Å². The van der Waals surface area contributed by atoms with Gasteiger partial charge in [-0.3, -0.25) is 14.4 Å². The van der Waals surface area contributed by atoms with E-state index in [2.05, 4.69) is 4.90 Å². The lowest BCUT2D eigenvalue weighted by molar-refractivity contribution is 0.0692. The minimum atomic E-state index is -1.23. The molecule has 1 fully saturated rings. The van der Waals surface area contributed by atoms with Crippen LogP contribution in [0.3, 0.4) is 0 Å². The minimum absolute atomic E-state index is 0.215. The average molecular weight is 333 g/mol. The molecule has 1 N–H and O–H groups in total. The molecule has 1 saturated heterocycles. The van der Waals surface area contributed by atoms with Gasteiger partial charge in [-0.25, -0.2) is 13.9 Å². The highest BCUT2D eigenvalue weighted by Crippen LogP contribution is 2.17. The van der Waals surface area contributed by atoms with Crippen LogP contribution in [0, 0.1) is 5.82 Å². The summed E-state index contributed by atoms with van der Waals surface area (Å²) in [5.74, 6) is -1.64. The number of halogens is 1. The monoisotopic (exact) mass is 333 g/mol. The first-order valence-corrected chi connectivity index (χ1v) is 8.01. The molecule has 1 aromatic heterocycles. The Morgan fingerprint density at radius 2 is 1.79 bits per heavy atom. The SMILES string of the molecule is Cn1c(CN2CCCCC2)c(C(=O)O)c(=O)n1-c1ccc(F)cc1. The summed E-state index contributed by atoms with van der Waals surface area (Å²) >= 11 is 0. The maximum Gasteiger partial charge on any atom is 0.343 e. The Morgan fingerprint density at radius 3 is 2.38 bits per heavy atom. The van der Waals surface area contributed by atoms with Gasteiger partial charge in [0.2, 0.25) is 0 Å². The number of carbonyl (C=O) groups is 1. The Bertz CT molecular complexity index is 802. The molecule has 7 heteroatoms. The number of benzene rings is 1. The Labute approximate surface area is 138 Å². The van der Waals surface area contributed by atoms with E-state index in [4.69, 9.17) is 0 Å². The number of aromatic nitrogens is 2. The predicted molar refractivity (Wildman–Crippen MR) is 87.1 cm³/mol. The first kappa shape index (κ1) is 16.4. The number of rotatable bonds is 4. The molecule has 128 valence electrons. The number of aromatic carboxylic acids is 1. The zero-order chi connectivity index (χ0) is 17.3. The van der Waals surface area contributed by atoms with Gasteiger partial charge in [-0.2, -0.15) is 0 Å². The Morgan fingerprint density at radius 1 is 1.17 bits per heavy atom. The van der Waals surface area contributed by atoms with E-state index in [1.54, 1.807) is 11.7 Å². The van der Waals surface area contributed by atoms with Gasteiger partial charge in [-0.15, -0.1) is 0 Å². The largest absolute Gasteiger partial charge is 0.477 e. The van der Waals surface area contributed by atoms with Gasteiger partial charge in [-0.1, -0.05) is 6.42 Å². The van der Waals surface area contributed by atoms with Crippen molar-refractivity contribution < 1.29 is 14.3 Å². The van der Waals surface area contributed by atoms with E-state index >= 15 is 0 Å². The number of likely N-dealkylation sites (tertiary alicyclic amines) is 1. The molecule has 0 radical (unpaired) electrons. The molecular formula is C17H20FN3O3. The van der Waals surface area contributed by atoms with E-state index in [0.717, 1.165) is 25.9 Å². The quantitative estimate of drug-likeness (QED) is 0.929. The van der Waals surface area contributed by atoms with Gasteiger partial charge in [0.05, 0.1) is 11.4 Å². The molecule has 0 aliphatic carbocycles. The molecule has 24 heavy (non-hydrogen) atoms. The van der Waals surface area contributed by atoms with Crippen LogP contribution in [0.25, 0.3) is 5.69 Å². The molecule has 1 aliphatic rings. The van der Waals surface area contributed by atoms with Gasteiger partial charge in [0.15, 0.2) is 0 Å². The third kappa shape index (κ3) is 2.99. The smallest absolute Gasteiger partial charge is 0.343 e. The van der Waals surface area contributed by atoms with Gasteiger partial charge in [0.1, 0.15) is 11.4 Å². The molecule has 1 aliphatic heterocycles. The summed E-state index contributed by atoms with van der Waals surface area (Å²) in [6.45, 7) is 2.21. The number of piperidine rings is 1. The molecule has 6 nitrogen and oxygen atoms in total. The summed E-state index contributed by atoms with van der Waals surface area (Å²) in [6, 6.07) is 5.43. The fraction of sp³-hybridized carbons (Fsp3) is 0.412. The second-order valence-electron chi connectivity index (χ2n) is 6.08. The standard InChI is InChI=1S/C17H20FN3O3/c1-19-14(11-20-9-3-2-4-10-20)15(17(23)24)16(22)21(19)13-7-5-12(18)6-8-13/h5-8H,2-4,9-11H2,1H3,(H,23,24). The van der Waals surface area contributed by atoms with Crippen LogP contribution in [0.5, 0.6) is 0 Å². The van der Waals surface area contributed by atoms with Gasteiger partial charge in [-0.05, 0) is 50.2 Å². The minimum Gasteiger partial charge on any atom is -0.477 e. The van der Waals surface area contributed by atoms with E-state index in [0.29, 0.717) is 17.9 Å². The highest BCUT2D eigenvalue weighted by atomic mass is 19.1. The van der Waals surface area contributed by atoms with Crippen molar-refractivity contribution in [2.45, 2.75) is 25.8 Å². The summed E-state index contributed by atoms with van der Waals surface area (Å²) in [5, 5.41) is 9.50. The summed E-state index contributed by atoms with van der Waals surface area (Å²) in [7, 11) is 1.66. The Hall–Kier alpha value is -2.41. The average Bonchev–Trinajstić information content (AvgIpc) is 2.80. The fourth-order valence-electron chi connectivity index (χ4n) is 3.25. The third-order valence-corrected chi connectivity index (χ3v) is 4.49. The van der Waals surface area contributed by atoms with E-state index in [1.165, 1.54) is 35.4 Å². The van der Waals surface area contributed by atoms with Gasteiger partial charge in [0.25, 0.3) is 5.56 Å². The summed E-state index contributed by atoms with van der Waals surface area (Å²) in [5.41, 5.74) is 0.103. The molecule has 0 atom stereocenters. The molecule has 1 aromatic carbocycles. The molecule has 0 amide bonds. The summed E-state index contributed by atoms with van der Waals surface area (Å²) in [4.78, 5) is 26.4. The van der Waals surface area contributed by atoms with Crippen molar-refractivity contribution in [2.24, 2.45) is 7.05 Å². The van der Waals surface area contributed by atoms with Crippen LogP contribution < -0.4 is 5.56 Å². The van der Waals surface area contributed by atoms with Crippen LogP contribution in [-0.4, -0.2) is 38.4 Å². The molecular weight excluding hydrogens is 313 g/mol. The maximum absolute atomic E-state index is 13.1. The summed E-state index contributed by atoms with van der Waals surface area (Å²) < 4.78 is 16.0. The number of nitrogens with zero attached hydrogens (tertiary/aromatic N) is 3. The zero-order valence-corrected chi connectivity index (χ0v) is 13.5. The van der Waals surface area contributed by atoms with Crippen molar-refractivity contribution >= 4 is 5.97 Å². The fourth-order valence-corrected chi connectivity index (χ4v) is 3.25. The van der Waals surface area contributed by atoms with Crippen LogP contribution in [0.4, 0.5) is 4.39 Å². The zero-order valence-electron chi connectivity index (χ0n) is 13.5. The molecule has 0 unspecified atom stereocenters. The number of carboxylic acid groups (broad SMARTS) is 1. The normalized spacial score (nSPS) is 15.6. The number of hydrogen-bond acceptors (Lipinski definition) is 3. The lowest BCUT2D eigenvalue weighted by atomic mass is 10.1. The molecule has 2 heterocycles. The highest BCUT2D eigenvalue weighted by Gasteiger charge is 2.26. The predicted octanol–water partition coefficient (Wildman–Crippen LogP) is 2.00. The second-order valence-corrected chi connectivity index (χ2v) is 6.08. The Balaban J connectivity index is 2.07.